The van der Waals surface area contributed by atoms with Crippen LogP contribution in [0.1, 0.15) is 63.9 Å². The van der Waals surface area contributed by atoms with Gasteiger partial charge in [0, 0.05) is 0 Å². The van der Waals surface area contributed by atoms with Gasteiger partial charge in [0.05, 0.1) is 13.5 Å². The first-order valence-corrected chi connectivity index (χ1v) is 8.89. The summed E-state index contributed by atoms with van der Waals surface area (Å²) in [6, 6.07) is 8.05. The number of ether oxygens (including phenoxy) is 1. The second kappa shape index (κ2) is 12.4. The summed E-state index contributed by atoms with van der Waals surface area (Å²) in [6.45, 7) is 2.23. The van der Waals surface area contributed by atoms with Crippen LogP contribution >= 0.6 is 0 Å². The van der Waals surface area contributed by atoms with Crippen LogP contribution in [-0.4, -0.2) is 18.2 Å². The first-order chi connectivity index (χ1) is 11.7. The van der Waals surface area contributed by atoms with E-state index in [1.165, 1.54) is 43.2 Å². The fourth-order valence-corrected chi connectivity index (χ4v) is 2.58. The lowest BCUT2D eigenvalue weighted by Gasteiger charge is -2.09. The van der Waals surface area contributed by atoms with Gasteiger partial charge in [-0.3, -0.25) is 4.79 Å². The molecule has 0 heterocycles. The number of hydrogen-bond acceptors (Lipinski definition) is 2. The normalized spacial score (nSPS) is 11.8. The molecule has 132 valence electrons. The number of benzene rings is 1. The molecule has 0 amide bonds. The average molecular weight is 330 g/mol. The molecule has 0 saturated carbocycles. The van der Waals surface area contributed by atoms with Crippen molar-refractivity contribution in [3.8, 4) is 5.75 Å². The number of methoxy groups -OCH3 is 1. The van der Waals surface area contributed by atoms with Gasteiger partial charge in [-0.2, -0.15) is 0 Å². The predicted octanol–water partition coefficient (Wildman–Crippen LogP) is 5.86. The molecular weight excluding hydrogens is 300 g/mol. The minimum atomic E-state index is -0.804. The minimum absolute atomic E-state index is 0.0589. The summed E-state index contributed by atoms with van der Waals surface area (Å²) in [4.78, 5) is 10.6. The van der Waals surface area contributed by atoms with Gasteiger partial charge in [0.15, 0.2) is 0 Å². The first kappa shape index (κ1) is 20.0. The summed E-state index contributed by atoms with van der Waals surface area (Å²) < 4.78 is 5.21. The molecule has 1 aromatic carbocycles. The van der Waals surface area contributed by atoms with Crippen molar-refractivity contribution >= 4 is 11.5 Å². The molecule has 0 aliphatic heterocycles. The summed E-state index contributed by atoms with van der Waals surface area (Å²) >= 11 is 0. The predicted molar refractivity (Wildman–Crippen MR) is 100 cm³/mol. The Hall–Kier alpha value is -2.03. The molecule has 0 bridgehead atoms. The topological polar surface area (TPSA) is 46.5 Å². The van der Waals surface area contributed by atoms with E-state index in [4.69, 9.17) is 9.84 Å². The van der Waals surface area contributed by atoms with E-state index in [2.05, 4.69) is 19.1 Å². The second-order valence-electron chi connectivity index (χ2n) is 5.96. The largest absolute Gasteiger partial charge is 0.497 e. The monoisotopic (exact) mass is 330 g/mol. The van der Waals surface area contributed by atoms with Crippen LogP contribution in [-0.2, 0) is 4.79 Å². The molecule has 1 rings (SSSR count). The quantitative estimate of drug-likeness (QED) is 0.385. The van der Waals surface area contributed by atoms with Crippen LogP contribution in [0.4, 0.5) is 0 Å². The van der Waals surface area contributed by atoms with Gasteiger partial charge < -0.3 is 9.84 Å². The van der Waals surface area contributed by atoms with Gasteiger partial charge in [-0.15, -0.1) is 0 Å². The third-order valence-electron chi connectivity index (χ3n) is 3.99. The van der Waals surface area contributed by atoms with E-state index in [1.807, 2.05) is 24.3 Å². The molecule has 3 nitrogen and oxygen atoms in total. The lowest BCUT2D eigenvalue weighted by molar-refractivity contribution is -0.136. The summed E-state index contributed by atoms with van der Waals surface area (Å²) in [5.41, 5.74) is 2.42. The molecule has 0 aromatic heterocycles. The number of rotatable bonds is 12. The SMILES string of the molecule is CCCCCCCC/C(=C\C=C\CC(=O)O)c1ccc(OC)cc1. The molecule has 24 heavy (non-hydrogen) atoms. The smallest absolute Gasteiger partial charge is 0.307 e. The van der Waals surface area contributed by atoms with Crippen LogP contribution in [0.3, 0.4) is 0 Å². The molecule has 0 saturated heterocycles. The van der Waals surface area contributed by atoms with Crippen LogP contribution in [0, 0.1) is 0 Å². The van der Waals surface area contributed by atoms with E-state index in [1.54, 1.807) is 13.2 Å². The lowest BCUT2D eigenvalue weighted by atomic mass is 9.98. The van der Waals surface area contributed by atoms with Gasteiger partial charge in [0.2, 0.25) is 0 Å². The average Bonchev–Trinajstić information content (AvgIpc) is 2.59. The Labute approximate surface area is 146 Å². The zero-order chi connectivity index (χ0) is 17.6. The molecule has 1 aromatic rings. The standard InChI is InChI=1S/C21H30O3/c1-3-4-5-6-7-8-11-18(12-9-10-13-21(22)23)19-14-16-20(24-2)17-15-19/h9-10,12,14-17H,3-8,11,13H2,1-2H3,(H,22,23)/b10-9+,18-12+. The van der Waals surface area contributed by atoms with Crippen LogP contribution < -0.4 is 4.74 Å². The number of carboxylic acid groups (broad SMARTS) is 1. The Kier molecular flexibility index (Phi) is 10.3. The van der Waals surface area contributed by atoms with Gasteiger partial charge in [0.25, 0.3) is 0 Å². The Balaban J connectivity index is 2.65. The van der Waals surface area contributed by atoms with E-state index in [0.717, 1.165) is 18.6 Å². The third-order valence-corrected chi connectivity index (χ3v) is 3.99. The Morgan fingerprint density at radius 3 is 2.38 bits per heavy atom. The van der Waals surface area contributed by atoms with Crippen molar-refractivity contribution in [1.29, 1.82) is 0 Å². The Morgan fingerprint density at radius 1 is 1.08 bits per heavy atom. The summed E-state index contributed by atoms with van der Waals surface area (Å²) in [5, 5.41) is 8.71. The number of hydrogen-bond donors (Lipinski definition) is 1. The highest BCUT2D eigenvalue weighted by atomic mass is 16.5. The molecule has 0 atom stereocenters. The van der Waals surface area contributed by atoms with E-state index in [0.29, 0.717) is 0 Å². The number of allylic oxidation sites excluding steroid dienone is 3. The van der Waals surface area contributed by atoms with E-state index < -0.39 is 5.97 Å². The zero-order valence-electron chi connectivity index (χ0n) is 15.0. The fraction of sp³-hybridized carbons (Fsp3) is 0.476. The molecule has 0 unspecified atom stereocenters. The second-order valence-corrected chi connectivity index (χ2v) is 5.96. The van der Waals surface area contributed by atoms with Gasteiger partial charge in [-0.1, -0.05) is 69.4 Å². The fourth-order valence-electron chi connectivity index (χ4n) is 2.58. The number of unbranched alkanes of at least 4 members (excludes halogenated alkanes) is 5. The highest BCUT2D eigenvalue weighted by Gasteiger charge is 2.02. The molecular formula is C21H30O3. The number of carboxylic acids is 1. The van der Waals surface area contributed by atoms with Crippen LogP contribution in [0.5, 0.6) is 5.75 Å². The van der Waals surface area contributed by atoms with Crippen molar-refractivity contribution in [2.45, 2.75) is 58.3 Å². The highest BCUT2D eigenvalue weighted by Crippen LogP contribution is 2.24. The Bertz CT molecular complexity index is 527. The zero-order valence-corrected chi connectivity index (χ0v) is 15.0. The van der Waals surface area contributed by atoms with Crippen molar-refractivity contribution < 1.29 is 14.6 Å². The summed E-state index contributed by atoms with van der Waals surface area (Å²) in [6.07, 6.45) is 14.2. The summed E-state index contributed by atoms with van der Waals surface area (Å²) in [5.74, 6) is 0.0423. The van der Waals surface area contributed by atoms with Gasteiger partial charge in [0.1, 0.15) is 5.75 Å². The Morgan fingerprint density at radius 2 is 1.75 bits per heavy atom. The first-order valence-electron chi connectivity index (χ1n) is 8.89. The maximum Gasteiger partial charge on any atom is 0.307 e. The molecule has 0 aliphatic carbocycles. The number of aliphatic carboxylic acids is 1. The lowest BCUT2D eigenvalue weighted by Crippen LogP contribution is -1.90. The molecule has 1 N–H and O–H groups in total. The van der Waals surface area contributed by atoms with Gasteiger partial charge in [-0.25, -0.2) is 0 Å². The van der Waals surface area contributed by atoms with Crippen molar-refractivity contribution in [2.24, 2.45) is 0 Å². The van der Waals surface area contributed by atoms with E-state index in [9.17, 15) is 4.79 Å². The minimum Gasteiger partial charge on any atom is -0.497 e. The van der Waals surface area contributed by atoms with E-state index in [-0.39, 0.29) is 6.42 Å². The molecule has 0 fully saturated rings. The molecule has 0 aliphatic rings. The van der Waals surface area contributed by atoms with Crippen molar-refractivity contribution in [3.05, 3.63) is 48.1 Å². The van der Waals surface area contributed by atoms with Crippen molar-refractivity contribution in [1.82, 2.24) is 0 Å². The maximum atomic E-state index is 10.6. The van der Waals surface area contributed by atoms with Crippen LogP contribution in [0.25, 0.3) is 5.57 Å². The molecule has 0 spiro atoms. The number of carbonyl (C=O) groups is 1. The summed E-state index contributed by atoms with van der Waals surface area (Å²) in [7, 11) is 1.66. The molecule has 0 radical (unpaired) electrons. The molecule has 3 heteroatoms. The van der Waals surface area contributed by atoms with Crippen LogP contribution in [0.2, 0.25) is 0 Å². The van der Waals surface area contributed by atoms with Crippen molar-refractivity contribution in [2.75, 3.05) is 7.11 Å². The van der Waals surface area contributed by atoms with Crippen molar-refractivity contribution in [3.63, 3.8) is 0 Å². The van der Waals surface area contributed by atoms with Crippen LogP contribution in [0.15, 0.2) is 42.5 Å². The third kappa shape index (κ3) is 8.56. The van der Waals surface area contributed by atoms with Gasteiger partial charge >= 0.3 is 5.97 Å². The highest BCUT2D eigenvalue weighted by molar-refractivity contribution is 5.70. The maximum absolute atomic E-state index is 10.6. The van der Waals surface area contributed by atoms with Gasteiger partial charge in [-0.05, 0) is 36.1 Å². The van der Waals surface area contributed by atoms with E-state index >= 15 is 0 Å².